The van der Waals surface area contributed by atoms with Crippen LogP contribution < -0.4 is 11.1 Å². The molecule has 0 saturated carbocycles. The van der Waals surface area contributed by atoms with Gasteiger partial charge in [-0.05, 0) is 39.2 Å². The number of hydrogen-bond acceptors (Lipinski definition) is 4. The molecule has 0 bridgehead atoms. The molecule has 0 rings (SSSR count). The van der Waals surface area contributed by atoms with Crippen molar-refractivity contribution in [3.05, 3.63) is 0 Å². The Hall–Kier alpha value is -0.850. The van der Waals surface area contributed by atoms with Crippen LogP contribution in [0.2, 0.25) is 0 Å². The maximum Gasteiger partial charge on any atom is 0.185 e. The molecular weight excluding hydrogens is 337 g/mol. The van der Waals surface area contributed by atoms with E-state index in [1.54, 1.807) is 0 Å². The number of rotatable bonds is 12. The number of hydrogen-bond donors (Lipinski definition) is 4. The van der Waals surface area contributed by atoms with Crippen LogP contribution in [0.4, 0.5) is 0 Å². The summed E-state index contributed by atoms with van der Waals surface area (Å²) in [4.78, 5) is 14.1. The van der Waals surface area contributed by atoms with Crippen molar-refractivity contribution in [2.45, 2.75) is 46.5 Å². The van der Waals surface area contributed by atoms with Crippen molar-refractivity contribution in [2.24, 2.45) is 11.7 Å². The van der Waals surface area contributed by atoms with Gasteiger partial charge >= 0.3 is 0 Å². The summed E-state index contributed by atoms with van der Waals surface area (Å²) < 4.78 is 0. The van der Waals surface area contributed by atoms with Crippen LogP contribution in [0, 0.1) is 16.7 Å². The van der Waals surface area contributed by atoms with E-state index in [1.807, 2.05) is 20.8 Å². The number of nitrogens with one attached hydrogen (secondary N) is 3. The van der Waals surface area contributed by atoms with E-state index in [2.05, 4.69) is 10.2 Å². The van der Waals surface area contributed by atoms with Crippen LogP contribution in [0.25, 0.3) is 0 Å². The van der Waals surface area contributed by atoms with Gasteiger partial charge in [-0.25, -0.2) is 0 Å². The van der Waals surface area contributed by atoms with Crippen molar-refractivity contribution in [3.8, 4) is 0 Å². The Labute approximate surface area is 152 Å². The van der Waals surface area contributed by atoms with Crippen LogP contribution in [0.5, 0.6) is 0 Å². The molecule has 0 aliphatic heterocycles. The fourth-order valence-electron chi connectivity index (χ4n) is 1.92. The fraction of sp³-hybridized carbons (Fsp3) is 0.800. The van der Waals surface area contributed by atoms with E-state index < -0.39 is 0 Å². The molecule has 5 N–H and O–H groups in total. The van der Waals surface area contributed by atoms with Crippen molar-refractivity contribution in [2.75, 3.05) is 26.2 Å². The summed E-state index contributed by atoms with van der Waals surface area (Å²) in [6.45, 7) is 8.52. The standard InChI is InChI=1S/C15H31N5O.2ClH/c1-12(2)14(21)11-20(9-5-4-7-13(3)16)10-6-8-19-15(17)18;;/h12,16H,4-11H2,1-3H3,(H4,17,18,19);2*1H. The summed E-state index contributed by atoms with van der Waals surface area (Å²) in [7, 11) is 0. The average molecular weight is 370 g/mol. The smallest absolute Gasteiger partial charge is 0.185 e. The van der Waals surface area contributed by atoms with Gasteiger partial charge in [0.1, 0.15) is 5.78 Å². The van der Waals surface area contributed by atoms with E-state index in [4.69, 9.17) is 16.6 Å². The molecule has 0 spiro atoms. The number of halogens is 2. The number of unbranched alkanes of at least 4 members (excludes halogenated alkanes) is 1. The van der Waals surface area contributed by atoms with E-state index in [1.165, 1.54) is 0 Å². The minimum atomic E-state index is -0.0127. The lowest BCUT2D eigenvalue weighted by molar-refractivity contribution is -0.123. The third-order valence-corrected chi connectivity index (χ3v) is 3.27. The second-order valence-electron chi connectivity index (χ2n) is 5.83. The zero-order valence-corrected chi connectivity index (χ0v) is 16.1. The maximum atomic E-state index is 11.9. The number of ketones is 1. The predicted molar refractivity (Wildman–Crippen MR) is 103 cm³/mol. The number of carbonyl (C=O) groups excluding carboxylic acids is 1. The van der Waals surface area contributed by atoms with Gasteiger partial charge in [-0.2, -0.15) is 0 Å². The van der Waals surface area contributed by atoms with E-state index in [0.29, 0.717) is 18.8 Å². The Morgan fingerprint density at radius 2 is 1.70 bits per heavy atom. The summed E-state index contributed by atoms with van der Waals surface area (Å²) in [5.41, 5.74) is 5.95. The summed E-state index contributed by atoms with van der Waals surface area (Å²) in [5.74, 6) is 0.311. The minimum Gasteiger partial charge on any atom is -0.370 e. The molecule has 0 atom stereocenters. The summed E-state index contributed by atoms with van der Waals surface area (Å²) in [6, 6.07) is 0. The highest BCUT2D eigenvalue weighted by molar-refractivity contribution is 5.85. The summed E-state index contributed by atoms with van der Waals surface area (Å²) >= 11 is 0. The van der Waals surface area contributed by atoms with Gasteiger partial charge in [0.2, 0.25) is 0 Å². The Morgan fingerprint density at radius 1 is 1.13 bits per heavy atom. The van der Waals surface area contributed by atoms with Gasteiger partial charge in [0.15, 0.2) is 5.96 Å². The van der Waals surface area contributed by atoms with E-state index in [-0.39, 0.29) is 42.5 Å². The van der Waals surface area contributed by atoms with Crippen molar-refractivity contribution in [1.82, 2.24) is 10.2 Å². The minimum absolute atomic E-state index is 0. The van der Waals surface area contributed by atoms with Gasteiger partial charge in [-0.3, -0.25) is 15.1 Å². The lowest BCUT2D eigenvalue weighted by Crippen LogP contribution is -2.36. The van der Waals surface area contributed by atoms with Gasteiger partial charge in [0.25, 0.3) is 0 Å². The predicted octanol–water partition coefficient (Wildman–Crippen LogP) is 2.44. The largest absolute Gasteiger partial charge is 0.370 e. The van der Waals surface area contributed by atoms with Crippen molar-refractivity contribution >= 4 is 42.3 Å². The molecule has 8 heteroatoms. The molecule has 0 radical (unpaired) electrons. The lowest BCUT2D eigenvalue weighted by Gasteiger charge is -2.22. The van der Waals surface area contributed by atoms with Crippen LogP contribution in [0.1, 0.15) is 46.5 Å². The molecule has 0 amide bonds. The van der Waals surface area contributed by atoms with Crippen LogP contribution in [-0.4, -0.2) is 48.5 Å². The second kappa shape index (κ2) is 16.0. The first-order chi connectivity index (χ1) is 9.82. The topological polar surface area (TPSA) is 106 Å². The number of nitrogens with zero attached hydrogens (tertiary/aromatic N) is 1. The third kappa shape index (κ3) is 17.3. The molecule has 0 aliphatic rings. The highest BCUT2D eigenvalue weighted by atomic mass is 35.5. The Balaban J connectivity index is -0.00000200. The number of nitrogens with two attached hydrogens (primary N) is 1. The second-order valence-corrected chi connectivity index (χ2v) is 5.83. The number of Topliss-reactive ketones (excluding diaryl/α,β-unsaturated/α-hetero) is 1. The molecule has 0 aromatic heterocycles. The molecule has 0 aromatic carbocycles. The molecule has 0 fully saturated rings. The van der Waals surface area contributed by atoms with Crippen molar-refractivity contribution < 1.29 is 4.79 Å². The zero-order chi connectivity index (χ0) is 16.3. The molecular formula is C15H33Cl2N5O. The molecule has 23 heavy (non-hydrogen) atoms. The normalized spacial score (nSPS) is 9.96. The van der Waals surface area contributed by atoms with Crippen LogP contribution in [0.15, 0.2) is 0 Å². The average Bonchev–Trinajstić information content (AvgIpc) is 2.38. The van der Waals surface area contributed by atoms with Crippen LogP contribution in [0.3, 0.4) is 0 Å². The van der Waals surface area contributed by atoms with Gasteiger partial charge in [-0.15, -0.1) is 24.8 Å². The molecule has 0 saturated heterocycles. The monoisotopic (exact) mass is 369 g/mol. The lowest BCUT2D eigenvalue weighted by atomic mass is 10.1. The van der Waals surface area contributed by atoms with Gasteiger partial charge in [0, 0.05) is 24.7 Å². The zero-order valence-electron chi connectivity index (χ0n) is 14.5. The SMILES string of the molecule is CC(=N)CCCCN(CCCNC(=N)N)CC(=O)C(C)C.Cl.Cl. The molecule has 0 aliphatic carbocycles. The van der Waals surface area contributed by atoms with E-state index >= 15 is 0 Å². The maximum absolute atomic E-state index is 11.9. The van der Waals surface area contributed by atoms with Crippen molar-refractivity contribution in [3.63, 3.8) is 0 Å². The molecule has 0 unspecified atom stereocenters. The van der Waals surface area contributed by atoms with Crippen molar-refractivity contribution in [1.29, 1.82) is 10.8 Å². The van der Waals surface area contributed by atoms with E-state index in [0.717, 1.165) is 38.8 Å². The molecule has 138 valence electrons. The molecule has 0 heterocycles. The van der Waals surface area contributed by atoms with Crippen LogP contribution in [-0.2, 0) is 4.79 Å². The molecule has 6 nitrogen and oxygen atoms in total. The highest BCUT2D eigenvalue weighted by Crippen LogP contribution is 2.04. The Morgan fingerprint density at radius 3 is 2.17 bits per heavy atom. The Kier molecular flexibility index (Phi) is 18.8. The first kappa shape index (κ1) is 27.0. The quantitative estimate of drug-likeness (QED) is 0.240. The van der Waals surface area contributed by atoms with Crippen LogP contribution >= 0.6 is 24.8 Å². The van der Waals surface area contributed by atoms with E-state index in [9.17, 15) is 4.79 Å². The fourth-order valence-corrected chi connectivity index (χ4v) is 1.92. The summed E-state index contributed by atoms with van der Waals surface area (Å²) in [5, 5.41) is 17.3. The van der Waals surface area contributed by atoms with Gasteiger partial charge < -0.3 is 16.5 Å². The number of guanidine groups is 1. The summed E-state index contributed by atoms with van der Waals surface area (Å²) in [6.07, 6.45) is 3.68. The first-order valence-electron chi connectivity index (χ1n) is 7.70. The Bertz CT molecular complexity index is 329. The first-order valence-corrected chi connectivity index (χ1v) is 7.70. The number of carbonyl (C=O) groups is 1. The highest BCUT2D eigenvalue weighted by Gasteiger charge is 2.13. The third-order valence-electron chi connectivity index (χ3n) is 3.27. The van der Waals surface area contributed by atoms with Gasteiger partial charge in [0.05, 0.1) is 6.54 Å². The molecule has 0 aromatic rings. The van der Waals surface area contributed by atoms with Gasteiger partial charge in [-0.1, -0.05) is 13.8 Å².